The summed E-state index contributed by atoms with van der Waals surface area (Å²) in [4.78, 5) is 8.19. The smallest absolute Gasteiger partial charge is 0.274 e. The molecule has 24 heavy (non-hydrogen) atoms. The Morgan fingerprint density at radius 3 is 2.50 bits per heavy atom. The lowest BCUT2D eigenvalue weighted by molar-refractivity contribution is 0.591. The summed E-state index contributed by atoms with van der Waals surface area (Å²) in [6.07, 6.45) is 1.85. The van der Waals surface area contributed by atoms with Crippen molar-refractivity contribution in [3.63, 3.8) is 0 Å². The molecule has 11 heteroatoms. The molecule has 0 aliphatic rings. The first-order chi connectivity index (χ1) is 11.3. The molecule has 7 nitrogen and oxygen atoms in total. The molecule has 3 aromatic rings. The molecule has 0 bridgehead atoms. The van der Waals surface area contributed by atoms with Gasteiger partial charge in [0.2, 0.25) is 0 Å². The van der Waals surface area contributed by atoms with Crippen LogP contribution in [0.15, 0.2) is 34.4 Å². The van der Waals surface area contributed by atoms with Crippen molar-refractivity contribution >= 4 is 56.5 Å². The minimum absolute atomic E-state index is 0.0777. The van der Waals surface area contributed by atoms with Gasteiger partial charge >= 0.3 is 0 Å². The van der Waals surface area contributed by atoms with E-state index in [0.29, 0.717) is 5.69 Å². The Labute approximate surface area is 152 Å². The molecular weight excluding hydrogens is 393 g/mol. The van der Waals surface area contributed by atoms with Crippen molar-refractivity contribution in [1.82, 2.24) is 19.6 Å². The van der Waals surface area contributed by atoms with Gasteiger partial charge in [-0.3, -0.25) is 4.72 Å². The van der Waals surface area contributed by atoms with Crippen LogP contribution in [0.4, 0.5) is 5.69 Å². The van der Waals surface area contributed by atoms with Gasteiger partial charge in [-0.2, -0.15) is 17.9 Å². The van der Waals surface area contributed by atoms with E-state index in [0.717, 1.165) is 5.03 Å². The first-order valence-electron chi connectivity index (χ1n) is 6.57. The first kappa shape index (κ1) is 17.3. The van der Waals surface area contributed by atoms with E-state index >= 15 is 0 Å². The Balaban J connectivity index is 2.09. The van der Waals surface area contributed by atoms with Crippen LogP contribution in [0.1, 0.15) is 5.69 Å². The summed E-state index contributed by atoms with van der Waals surface area (Å²) < 4.78 is 28.8. The van der Waals surface area contributed by atoms with Crippen molar-refractivity contribution in [2.45, 2.75) is 17.1 Å². The molecule has 0 unspecified atom stereocenters. The van der Waals surface area contributed by atoms with Crippen molar-refractivity contribution < 1.29 is 8.42 Å². The number of anilines is 1. The van der Waals surface area contributed by atoms with Crippen molar-refractivity contribution in [3.05, 3.63) is 40.0 Å². The molecule has 1 N–H and O–H groups in total. The number of para-hydroxylation sites is 1. The highest BCUT2D eigenvalue weighted by Gasteiger charge is 2.24. The average Bonchev–Trinajstić information content (AvgIpc) is 2.95. The normalized spacial score (nSPS) is 11.8. The van der Waals surface area contributed by atoms with Crippen LogP contribution in [0.2, 0.25) is 10.0 Å². The van der Waals surface area contributed by atoms with Crippen molar-refractivity contribution in [2.75, 3.05) is 11.0 Å². The second kappa shape index (κ2) is 6.40. The molecule has 0 aliphatic heterocycles. The van der Waals surface area contributed by atoms with E-state index in [1.165, 1.54) is 28.4 Å². The quantitative estimate of drug-likeness (QED) is 0.530. The zero-order valence-corrected chi connectivity index (χ0v) is 15.6. The molecule has 2 heterocycles. The molecule has 0 amide bonds. The number of sulfonamides is 1. The highest BCUT2D eigenvalue weighted by atomic mass is 35.5. The maximum Gasteiger partial charge on any atom is 0.299 e. The molecule has 0 radical (unpaired) electrons. The number of benzene rings is 1. The van der Waals surface area contributed by atoms with Crippen LogP contribution in [0.3, 0.4) is 0 Å². The van der Waals surface area contributed by atoms with E-state index in [-0.39, 0.29) is 21.5 Å². The molecule has 0 saturated heterocycles. The number of aryl methyl sites for hydroxylation is 1. The Hall–Kier alpha value is -1.55. The van der Waals surface area contributed by atoms with Crippen LogP contribution in [0, 0.1) is 6.92 Å². The molecular formula is C13H11Cl2N5O2S2. The van der Waals surface area contributed by atoms with Crippen molar-refractivity contribution in [3.8, 4) is 0 Å². The summed E-state index contributed by atoms with van der Waals surface area (Å²) in [5.41, 5.74) is 0.791. The molecule has 0 atom stereocenters. The van der Waals surface area contributed by atoms with Crippen LogP contribution in [0.25, 0.3) is 5.78 Å². The maximum absolute atomic E-state index is 12.6. The number of fused-ring (bicyclic) bond motifs is 1. The fourth-order valence-corrected chi connectivity index (χ4v) is 4.13. The van der Waals surface area contributed by atoms with E-state index in [2.05, 4.69) is 19.8 Å². The van der Waals surface area contributed by atoms with Crippen LogP contribution in [0.5, 0.6) is 0 Å². The number of aromatic nitrogens is 4. The molecule has 0 spiro atoms. The van der Waals surface area contributed by atoms with E-state index in [1.807, 2.05) is 6.26 Å². The highest BCUT2D eigenvalue weighted by molar-refractivity contribution is 7.98. The second-order valence-corrected chi connectivity index (χ2v) is 7.97. The zero-order valence-electron chi connectivity index (χ0n) is 12.5. The number of thioether (sulfide) groups is 1. The van der Waals surface area contributed by atoms with Crippen LogP contribution in [-0.4, -0.2) is 34.3 Å². The summed E-state index contributed by atoms with van der Waals surface area (Å²) in [6, 6.07) is 6.46. The van der Waals surface area contributed by atoms with Gasteiger partial charge in [0.1, 0.15) is 5.03 Å². The highest BCUT2D eigenvalue weighted by Crippen LogP contribution is 2.31. The Kier molecular flexibility index (Phi) is 4.60. The van der Waals surface area contributed by atoms with Crippen LogP contribution >= 0.6 is 35.0 Å². The van der Waals surface area contributed by atoms with Crippen LogP contribution in [-0.2, 0) is 10.0 Å². The summed E-state index contributed by atoms with van der Waals surface area (Å²) in [5.74, 6) is 0.199. The molecule has 1 aromatic carbocycles. The number of rotatable bonds is 4. The summed E-state index contributed by atoms with van der Waals surface area (Å²) in [6.45, 7) is 1.80. The second-order valence-electron chi connectivity index (χ2n) is 4.75. The lowest BCUT2D eigenvalue weighted by Crippen LogP contribution is -2.15. The fraction of sp³-hybridized carbons (Fsp3) is 0.154. The van der Waals surface area contributed by atoms with Gasteiger partial charge in [-0.25, -0.2) is 4.98 Å². The van der Waals surface area contributed by atoms with Gasteiger partial charge in [-0.1, -0.05) is 29.3 Å². The third kappa shape index (κ3) is 3.16. The predicted octanol–water partition coefficient (Wildman–Crippen LogP) is 3.26. The minimum Gasteiger partial charge on any atom is -0.274 e. The molecule has 0 aliphatic carbocycles. The Morgan fingerprint density at radius 1 is 1.21 bits per heavy atom. The van der Waals surface area contributed by atoms with Gasteiger partial charge in [-0.05, 0) is 31.4 Å². The summed E-state index contributed by atoms with van der Waals surface area (Å²) >= 11 is 13.4. The number of halogens is 2. The predicted molar refractivity (Wildman–Crippen MR) is 94.6 cm³/mol. The average molecular weight is 404 g/mol. The molecule has 0 fully saturated rings. The van der Waals surface area contributed by atoms with Crippen molar-refractivity contribution in [1.29, 1.82) is 0 Å². The maximum atomic E-state index is 12.6. The summed E-state index contributed by atoms with van der Waals surface area (Å²) in [7, 11) is -4.07. The number of nitrogens with one attached hydrogen (secondary N) is 1. The molecule has 126 valence electrons. The molecule has 2 aromatic heterocycles. The fourth-order valence-electron chi connectivity index (χ4n) is 1.97. The summed E-state index contributed by atoms with van der Waals surface area (Å²) in [5, 5.41) is 4.70. The zero-order chi connectivity index (χ0) is 17.5. The largest absolute Gasteiger partial charge is 0.299 e. The monoisotopic (exact) mass is 403 g/mol. The topological polar surface area (TPSA) is 89.2 Å². The van der Waals surface area contributed by atoms with E-state index in [4.69, 9.17) is 23.2 Å². The van der Waals surface area contributed by atoms with Gasteiger partial charge in [0.15, 0.2) is 0 Å². The van der Waals surface area contributed by atoms with E-state index in [1.54, 1.807) is 19.1 Å². The van der Waals surface area contributed by atoms with Crippen molar-refractivity contribution in [2.24, 2.45) is 0 Å². The van der Waals surface area contributed by atoms with E-state index in [9.17, 15) is 8.42 Å². The van der Waals surface area contributed by atoms with Gasteiger partial charge in [-0.15, -0.1) is 16.9 Å². The minimum atomic E-state index is -4.07. The molecule has 3 rings (SSSR count). The number of hydrogen-bond donors (Lipinski definition) is 1. The Morgan fingerprint density at radius 2 is 1.88 bits per heavy atom. The van der Waals surface area contributed by atoms with Gasteiger partial charge in [0.05, 0.1) is 15.7 Å². The van der Waals surface area contributed by atoms with Gasteiger partial charge in [0, 0.05) is 5.69 Å². The van der Waals surface area contributed by atoms with E-state index < -0.39 is 15.2 Å². The van der Waals surface area contributed by atoms with Gasteiger partial charge < -0.3 is 0 Å². The Bertz CT molecular complexity index is 1020. The standard InChI is InChI=1S/C13H11Cl2N5O2S2/c1-7-6-10(23-2)20-12(16-7)17-13(18-20)24(21,22)19-11-8(14)4-3-5-9(11)15/h3-6,19H,1-2H3. The number of nitrogens with zero attached hydrogens (tertiary/aromatic N) is 4. The lowest BCUT2D eigenvalue weighted by Gasteiger charge is -2.08. The SMILES string of the molecule is CSc1cc(C)nc2nc(S(=O)(=O)Nc3c(Cl)cccc3Cl)nn12. The molecule has 0 saturated carbocycles. The third-order valence-corrected chi connectivity index (χ3v) is 5.50. The van der Waals surface area contributed by atoms with Crippen LogP contribution < -0.4 is 4.72 Å². The first-order valence-corrected chi connectivity index (χ1v) is 10.0. The third-order valence-electron chi connectivity index (χ3n) is 3.04. The van der Waals surface area contributed by atoms with Gasteiger partial charge in [0.25, 0.3) is 21.0 Å². The number of hydrogen-bond acceptors (Lipinski definition) is 6. The lowest BCUT2D eigenvalue weighted by atomic mass is 10.3.